The van der Waals surface area contributed by atoms with Crippen molar-refractivity contribution in [3.05, 3.63) is 69.1 Å². The van der Waals surface area contributed by atoms with Gasteiger partial charge in [0.2, 0.25) is 0 Å². The molecule has 6 heteroatoms. The summed E-state index contributed by atoms with van der Waals surface area (Å²) in [6.07, 6.45) is 1.35. The van der Waals surface area contributed by atoms with E-state index in [2.05, 4.69) is 5.10 Å². The molecule has 3 aromatic rings. The van der Waals surface area contributed by atoms with Crippen LogP contribution >= 0.6 is 23.2 Å². The fourth-order valence-corrected chi connectivity index (χ4v) is 2.38. The molecule has 1 aromatic heterocycles. The number of ether oxygens (including phenoxy) is 1. The van der Waals surface area contributed by atoms with Gasteiger partial charge in [-0.05, 0) is 22.9 Å². The van der Waals surface area contributed by atoms with Crippen LogP contribution in [-0.2, 0) is 6.54 Å². The molecule has 0 aliphatic carbocycles. The molecule has 0 fully saturated rings. The fourth-order valence-electron chi connectivity index (χ4n) is 2.11. The third-order valence-electron chi connectivity index (χ3n) is 3.24. The number of halogens is 2. The summed E-state index contributed by atoms with van der Waals surface area (Å²) in [7, 11) is 0. The van der Waals surface area contributed by atoms with Crippen molar-refractivity contribution in [1.29, 1.82) is 0 Å². The summed E-state index contributed by atoms with van der Waals surface area (Å²) in [5.74, 6) is 0.742. The standard InChI is InChI=1S/C16H12Cl2N2O2/c17-14-10-19-20(16(21)15(14)18)7-8-22-13-6-5-11-3-1-2-4-12(11)9-13/h1-6,9-10H,7-8H2. The van der Waals surface area contributed by atoms with Gasteiger partial charge in [0, 0.05) is 0 Å². The van der Waals surface area contributed by atoms with Crippen LogP contribution in [0, 0.1) is 0 Å². The van der Waals surface area contributed by atoms with Crippen LogP contribution in [0.15, 0.2) is 53.5 Å². The molecule has 112 valence electrons. The first-order chi connectivity index (χ1) is 10.6. The monoisotopic (exact) mass is 334 g/mol. The lowest BCUT2D eigenvalue weighted by Gasteiger charge is -2.09. The second kappa shape index (κ2) is 6.38. The molecule has 0 spiro atoms. The molecule has 0 unspecified atom stereocenters. The molecule has 0 aliphatic rings. The molecule has 0 amide bonds. The molecule has 0 saturated heterocycles. The van der Waals surface area contributed by atoms with E-state index in [0.29, 0.717) is 13.2 Å². The zero-order valence-electron chi connectivity index (χ0n) is 11.5. The van der Waals surface area contributed by atoms with E-state index < -0.39 is 5.56 Å². The van der Waals surface area contributed by atoms with Gasteiger partial charge in [0.05, 0.1) is 17.8 Å². The summed E-state index contributed by atoms with van der Waals surface area (Å²) < 4.78 is 6.90. The fraction of sp³-hybridized carbons (Fsp3) is 0.125. The molecule has 22 heavy (non-hydrogen) atoms. The van der Waals surface area contributed by atoms with Crippen molar-refractivity contribution in [3.63, 3.8) is 0 Å². The van der Waals surface area contributed by atoms with Crippen LogP contribution in [0.1, 0.15) is 0 Å². The summed E-state index contributed by atoms with van der Waals surface area (Å²) >= 11 is 11.5. The van der Waals surface area contributed by atoms with Gasteiger partial charge in [0.25, 0.3) is 5.56 Å². The summed E-state index contributed by atoms with van der Waals surface area (Å²) in [5.41, 5.74) is -0.420. The van der Waals surface area contributed by atoms with Crippen LogP contribution in [0.4, 0.5) is 0 Å². The molecular formula is C16H12Cl2N2O2. The average Bonchev–Trinajstić information content (AvgIpc) is 2.55. The van der Waals surface area contributed by atoms with Gasteiger partial charge < -0.3 is 4.74 Å². The molecule has 0 atom stereocenters. The Hall–Kier alpha value is -2.04. The summed E-state index contributed by atoms with van der Waals surface area (Å²) in [6, 6.07) is 13.9. The van der Waals surface area contributed by atoms with E-state index in [1.54, 1.807) is 0 Å². The average molecular weight is 335 g/mol. The van der Waals surface area contributed by atoms with E-state index in [4.69, 9.17) is 27.9 Å². The minimum atomic E-state index is -0.420. The van der Waals surface area contributed by atoms with Crippen molar-refractivity contribution in [2.24, 2.45) is 0 Å². The van der Waals surface area contributed by atoms with Gasteiger partial charge in [0.1, 0.15) is 17.4 Å². The number of benzene rings is 2. The molecule has 0 radical (unpaired) electrons. The Bertz CT molecular complexity index is 877. The lowest BCUT2D eigenvalue weighted by atomic mass is 10.1. The van der Waals surface area contributed by atoms with Crippen molar-refractivity contribution in [2.45, 2.75) is 6.54 Å². The minimum Gasteiger partial charge on any atom is -0.492 e. The molecule has 4 nitrogen and oxygen atoms in total. The molecule has 0 N–H and O–H groups in total. The molecular weight excluding hydrogens is 323 g/mol. The zero-order chi connectivity index (χ0) is 15.5. The number of aromatic nitrogens is 2. The van der Waals surface area contributed by atoms with Crippen molar-refractivity contribution < 1.29 is 4.74 Å². The molecule has 1 heterocycles. The van der Waals surface area contributed by atoms with Crippen LogP contribution in [0.5, 0.6) is 5.75 Å². The Labute approximate surface area is 136 Å². The molecule has 0 saturated carbocycles. The topological polar surface area (TPSA) is 44.1 Å². The van der Waals surface area contributed by atoms with Crippen molar-refractivity contribution in [1.82, 2.24) is 9.78 Å². The highest BCUT2D eigenvalue weighted by molar-refractivity contribution is 6.41. The highest BCUT2D eigenvalue weighted by atomic mass is 35.5. The van der Waals surface area contributed by atoms with Gasteiger partial charge in [-0.25, -0.2) is 4.68 Å². The summed E-state index contributed by atoms with van der Waals surface area (Å²) in [5, 5.41) is 6.31. The van der Waals surface area contributed by atoms with Crippen molar-refractivity contribution in [3.8, 4) is 5.75 Å². The van der Waals surface area contributed by atoms with E-state index >= 15 is 0 Å². The normalized spacial score (nSPS) is 10.8. The number of nitrogens with zero attached hydrogens (tertiary/aromatic N) is 2. The number of fused-ring (bicyclic) bond motifs is 1. The van der Waals surface area contributed by atoms with Crippen LogP contribution < -0.4 is 10.3 Å². The quantitative estimate of drug-likeness (QED) is 0.729. The second-order valence-electron chi connectivity index (χ2n) is 4.69. The Balaban J connectivity index is 1.70. The Morgan fingerprint density at radius 2 is 1.86 bits per heavy atom. The van der Waals surface area contributed by atoms with E-state index in [-0.39, 0.29) is 10.0 Å². The second-order valence-corrected chi connectivity index (χ2v) is 5.48. The van der Waals surface area contributed by atoms with Gasteiger partial charge in [0.15, 0.2) is 0 Å². The largest absolute Gasteiger partial charge is 0.492 e. The van der Waals surface area contributed by atoms with Gasteiger partial charge in [-0.15, -0.1) is 0 Å². The minimum absolute atomic E-state index is 0.0256. The van der Waals surface area contributed by atoms with E-state index in [1.807, 2.05) is 42.5 Å². The van der Waals surface area contributed by atoms with Gasteiger partial charge in [-0.3, -0.25) is 4.79 Å². The van der Waals surface area contributed by atoms with Crippen LogP contribution in [-0.4, -0.2) is 16.4 Å². The van der Waals surface area contributed by atoms with Crippen LogP contribution in [0.25, 0.3) is 10.8 Å². The SMILES string of the molecule is O=c1c(Cl)c(Cl)cnn1CCOc1ccc2ccccc2c1. The van der Waals surface area contributed by atoms with Gasteiger partial charge in [-0.2, -0.15) is 5.10 Å². The highest BCUT2D eigenvalue weighted by Crippen LogP contribution is 2.20. The Kier molecular flexibility index (Phi) is 4.32. The predicted octanol–water partition coefficient (Wildman–Crippen LogP) is 3.78. The molecule has 2 aromatic carbocycles. The van der Waals surface area contributed by atoms with Crippen LogP contribution in [0.3, 0.4) is 0 Å². The number of rotatable bonds is 4. The van der Waals surface area contributed by atoms with E-state index in [0.717, 1.165) is 16.5 Å². The summed E-state index contributed by atoms with van der Waals surface area (Å²) in [6.45, 7) is 0.603. The Morgan fingerprint density at radius 1 is 1.09 bits per heavy atom. The van der Waals surface area contributed by atoms with Crippen LogP contribution in [0.2, 0.25) is 10.0 Å². The maximum Gasteiger partial charge on any atom is 0.287 e. The third-order valence-corrected chi connectivity index (χ3v) is 3.98. The first-order valence-corrected chi connectivity index (χ1v) is 7.43. The van der Waals surface area contributed by atoms with Gasteiger partial charge in [-0.1, -0.05) is 53.5 Å². The number of hydrogen-bond acceptors (Lipinski definition) is 3. The smallest absolute Gasteiger partial charge is 0.287 e. The Morgan fingerprint density at radius 3 is 2.68 bits per heavy atom. The maximum atomic E-state index is 11.8. The predicted molar refractivity (Wildman–Crippen MR) is 88.0 cm³/mol. The third kappa shape index (κ3) is 3.08. The van der Waals surface area contributed by atoms with E-state index in [1.165, 1.54) is 10.9 Å². The van der Waals surface area contributed by atoms with E-state index in [9.17, 15) is 4.79 Å². The first-order valence-electron chi connectivity index (χ1n) is 6.68. The number of hydrogen-bond donors (Lipinski definition) is 0. The maximum absolute atomic E-state index is 11.8. The van der Waals surface area contributed by atoms with Crippen molar-refractivity contribution in [2.75, 3.05) is 6.61 Å². The van der Waals surface area contributed by atoms with Gasteiger partial charge >= 0.3 is 0 Å². The first kappa shape index (κ1) is 14.9. The highest BCUT2D eigenvalue weighted by Gasteiger charge is 2.07. The molecule has 3 rings (SSSR count). The lowest BCUT2D eigenvalue weighted by Crippen LogP contribution is -2.25. The van der Waals surface area contributed by atoms with Crippen molar-refractivity contribution >= 4 is 34.0 Å². The molecule has 0 bridgehead atoms. The zero-order valence-corrected chi connectivity index (χ0v) is 13.0. The lowest BCUT2D eigenvalue weighted by molar-refractivity contribution is 0.288. The molecule has 0 aliphatic heterocycles. The summed E-state index contributed by atoms with van der Waals surface area (Å²) in [4.78, 5) is 11.8.